The Hall–Kier alpha value is -2.42. The van der Waals surface area contributed by atoms with Crippen LogP contribution in [0.4, 0.5) is 0 Å². The fourth-order valence-electron chi connectivity index (χ4n) is 2.96. The lowest BCUT2D eigenvalue weighted by Gasteiger charge is -2.10. The lowest BCUT2D eigenvalue weighted by atomic mass is 9.99. The summed E-state index contributed by atoms with van der Waals surface area (Å²) in [6.07, 6.45) is 6.03. The third-order valence-corrected chi connectivity index (χ3v) is 5.31. The highest BCUT2D eigenvalue weighted by atomic mass is 32.1. The maximum atomic E-state index is 13.1. The minimum Gasteiger partial charge on any atom is -0.384 e. The molecule has 1 aromatic carbocycles. The van der Waals surface area contributed by atoms with E-state index < -0.39 is 0 Å². The molecule has 26 heavy (non-hydrogen) atoms. The summed E-state index contributed by atoms with van der Waals surface area (Å²) in [6, 6.07) is 8.37. The molecule has 0 atom stereocenters. The molecule has 0 fully saturated rings. The van der Waals surface area contributed by atoms with Crippen molar-refractivity contribution in [3.8, 4) is 23.5 Å². The van der Waals surface area contributed by atoms with Gasteiger partial charge < -0.3 is 4.74 Å². The molecule has 0 aliphatic heterocycles. The topological polar surface area (TPSA) is 44.1 Å². The molecule has 3 aromatic rings. The van der Waals surface area contributed by atoms with E-state index >= 15 is 0 Å². The summed E-state index contributed by atoms with van der Waals surface area (Å²) in [5.74, 6) is 3.71. The average molecular weight is 366 g/mol. The molecule has 0 saturated heterocycles. The lowest BCUT2D eigenvalue weighted by molar-refractivity contribution is 0.199. The summed E-state index contributed by atoms with van der Waals surface area (Å²) in [4.78, 5) is 18.6. The molecule has 2 aromatic heterocycles. The van der Waals surface area contributed by atoms with Crippen molar-refractivity contribution in [1.29, 1.82) is 0 Å². The van der Waals surface area contributed by atoms with Gasteiger partial charge in [0.1, 0.15) is 10.7 Å². The van der Waals surface area contributed by atoms with Crippen molar-refractivity contribution in [1.82, 2.24) is 9.55 Å². The Labute approximate surface area is 157 Å². The zero-order valence-corrected chi connectivity index (χ0v) is 16.1. The minimum atomic E-state index is -0.0803. The number of nitrogens with zero attached hydrogens (tertiary/aromatic N) is 2. The molecule has 0 aliphatic carbocycles. The van der Waals surface area contributed by atoms with Crippen LogP contribution in [-0.2, 0) is 17.7 Å². The van der Waals surface area contributed by atoms with Crippen molar-refractivity contribution in [3.63, 3.8) is 0 Å². The van der Waals surface area contributed by atoms with Gasteiger partial charge in [-0.3, -0.25) is 9.36 Å². The van der Waals surface area contributed by atoms with Gasteiger partial charge in [-0.15, -0.1) is 17.8 Å². The van der Waals surface area contributed by atoms with Crippen molar-refractivity contribution in [3.05, 3.63) is 51.4 Å². The van der Waals surface area contributed by atoms with E-state index in [1.165, 1.54) is 16.9 Å². The highest BCUT2D eigenvalue weighted by Crippen LogP contribution is 2.32. The fourth-order valence-corrected chi connectivity index (χ4v) is 3.92. The second-order valence-corrected chi connectivity index (χ2v) is 7.33. The Morgan fingerprint density at radius 3 is 2.65 bits per heavy atom. The van der Waals surface area contributed by atoms with Gasteiger partial charge in [-0.25, -0.2) is 4.98 Å². The molecule has 0 spiro atoms. The van der Waals surface area contributed by atoms with Gasteiger partial charge in [-0.2, -0.15) is 0 Å². The second-order valence-electron chi connectivity index (χ2n) is 6.47. The molecular weight excluding hydrogens is 344 g/mol. The van der Waals surface area contributed by atoms with E-state index in [2.05, 4.69) is 44.0 Å². The highest BCUT2D eigenvalue weighted by Gasteiger charge is 2.16. The number of terminal acetylenes is 1. The van der Waals surface area contributed by atoms with Crippen LogP contribution in [-0.4, -0.2) is 23.3 Å². The van der Waals surface area contributed by atoms with Crippen LogP contribution in [0.1, 0.15) is 31.2 Å². The van der Waals surface area contributed by atoms with Crippen molar-refractivity contribution in [2.24, 2.45) is 0 Å². The number of aromatic nitrogens is 2. The van der Waals surface area contributed by atoms with Gasteiger partial charge in [0.25, 0.3) is 5.56 Å². The Kier molecular flexibility index (Phi) is 5.55. The van der Waals surface area contributed by atoms with Gasteiger partial charge in [-0.05, 0) is 17.0 Å². The normalized spacial score (nSPS) is 11.2. The zero-order valence-electron chi connectivity index (χ0n) is 15.3. The summed E-state index contributed by atoms with van der Waals surface area (Å²) >= 11 is 1.49. The minimum absolute atomic E-state index is 0.0803. The van der Waals surface area contributed by atoms with Crippen LogP contribution in [0.3, 0.4) is 0 Å². The van der Waals surface area contributed by atoms with E-state index in [9.17, 15) is 4.79 Å². The van der Waals surface area contributed by atoms with Crippen LogP contribution in [0, 0.1) is 12.3 Å². The van der Waals surface area contributed by atoms with Crippen molar-refractivity contribution in [2.75, 3.05) is 13.7 Å². The van der Waals surface area contributed by atoms with Crippen molar-refractivity contribution in [2.45, 2.75) is 32.7 Å². The Morgan fingerprint density at radius 2 is 2.04 bits per heavy atom. The summed E-state index contributed by atoms with van der Waals surface area (Å²) < 4.78 is 6.72. The molecule has 0 aliphatic rings. The fraction of sp³-hybridized carbons (Fsp3) is 0.333. The van der Waals surface area contributed by atoms with Gasteiger partial charge in [0.05, 0.1) is 18.5 Å². The standard InChI is InChI=1S/C21H22N2O2S/c1-5-11-23-18(10-12-25-4)22-20-19(21(23)24)17(13-26-20)16-8-6-15(7-9-16)14(2)3/h1,6-9,13-14H,10-12H2,2-4H3. The molecular formula is C21H22N2O2S. The number of ether oxygens (including phenoxy) is 1. The van der Waals surface area contributed by atoms with Crippen LogP contribution >= 0.6 is 11.3 Å². The molecule has 0 amide bonds. The van der Waals surface area contributed by atoms with Crippen LogP contribution in [0.15, 0.2) is 34.4 Å². The van der Waals surface area contributed by atoms with Crippen molar-refractivity contribution < 1.29 is 4.74 Å². The number of benzene rings is 1. The summed E-state index contributed by atoms with van der Waals surface area (Å²) in [5.41, 5.74) is 3.14. The summed E-state index contributed by atoms with van der Waals surface area (Å²) in [5, 5.41) is 2.65. The van der Waals surface area contributed by atoms with Gasteiger partial charge >= 0.3 is 0 Å². The second kappa shape index (κ2) is 7.86. The predicted molar refractivity (Wildman–Crippen MR) is 108 cm³/mol. The Balaban J connectivity index is 2.15. The lowest BCUT2D eigenvalue weighted by Crippen LogP contribution is -2.25. The number of thiophene rings is 1. The van der Waals surface area contributed by atoms with Gasteiger partial charge in [0.2, 0.25) is 0 Å². The van der Waals surface area contributed by atoms with Crippen LogP contribution in [0.25, 0.3) is 21.3 Å². The number of fused-ring (bicyclic) bond motifs is 1. The van der Waals surface area contributed by atoms with Crippen LogP contribution in [0.2, 0.25) is 0 Å². The third kappa shape index (κ3) is 3.44. The molecule has 0 saturated carbocycles. The van der Waals surface area contributed by atoms with Gasteiger partial charge in [-0.1, -0.05) is 44.0 Å². The first-order valence-electron chi connectivity index (χ1n) is 8.60. The average Bonchev–Trinajstić information content (AvgIpc) is 3.07. The summed E-state index contributed by atoms with van der Waals surface area (Å²) in [7, 11) is 1.63. The number of methoxy groups -OCH3 is 1. The first kappa shape index (κ1) is 18.4. The van der Waals surface area contributed by atoms with E-state index in [1.807, 2.05) is 5.38 Å². The molecule has 3 rings (SSSR count). The van der Waals surface area contributed by atoms with Crippen LogP contribution < -0.4 is 5.56 Å². The monoisotopic (exact) mass is 366 g/mol. The van der Waals surface area contributed by atoms with Crippen LogP contribution in [0.5, 0.6) is 0 Å². The van der Waals surface area contributed by atoms with Gasteiger partial charge in [0, 0.05) is 24.5 Å². The molecule has 0 N–H and O–H groups in total. The Morgan fingerprint density at radius 1 is 1.31 bits per heavy atom. The number of hydrogen-bond donors (Lipinski definition) is 0. The molecule has 0 radical (unpaired) electrons. The maximum absolute atomic E-state index is 13.1. The molecule has 0 bridgehead atoms. The molecule has 4 nitrogen and oxygen atoms in total. The Bertz CT molecular complexity index is 1010. The number of rotatable bonds is 6. The largest absolute Gasteiger partial charge is 0.384 e. The molecule has 134 valence electrons. The van der Waals surface area contributed by atoms with Gasteiger partial charge in [0.15, 0.2) is 0 Å². The third-order valence-electron chi connectivity index (χ3n) is 4.44. The van der Waals surface area contributed by atoms with E-state index in [-0.39, 0.29) is 12.1 Å². The molecule has 2 heterocycles. The highest BCUT2D eigenvalue weighted by molar-refractivity contribution is 7.17. The van der Waals surface area contributed by atoms with E-state index in [0.717, 1.165) is 16.0 Å². The van der Waals surface area contributed by atoms with Crippen molar-refractivity contribution >= 4 is 21.6 Å². The molecule has 0 unspecified atom stereocenters. The smallest absolute Gasteiger partial charge is 0.263 e. The molecule has 5 heteroatoms. The zero-order chi connectivity index (χ0) is 18.7. The van der Waals surface area contributed by atoms with E-state index in [0.29, 0.717) is 30.2 Å². The van der Waals surface area contributed by atoms with E-state index in [1.54, 1.807) is 11.7 Å². The number of hydrogen-bond acceptors (Lipinski definition) is 4. The van der Waals surface area contributed by atoms with E-state index in [4.69, 9.17) is 16.1 Å². The quantitative estimate of drug-likeness (QED) is 0.618. The maximum Gasteiger partial charge on any atom is 0.263 e. The first-order chi connectivity index (χ1) is 12.6. The first-order valence-corrected chi connectivity index (χ1v) is 9.48. The summed E-state index contributed by atoms with van der Waals surface area (Å²) in [6.45, 7) is 5.04. The predicted octanol–water partition coefficient (Wildman–Crippen LogP) is 4.07. The SMILES string of the molecule is C#CCn1c(CCOC)nc2scc(-c3ccc(C(C)C)cc3)c2c1=O.